The number of likely N-dealkylation sites (tertiary alicyclic amines) is 1. The summed E-state index contributed by atoms with van der Waals surface area (Å²) >= 11 is 1.73. The molecule has 1 aromatic rings. The summed E-state index contributed by atoms with van der Waals surface area (Å²) in [4.78, 5) is 28.8. The van der Waals surface area contributed by atoms with Crippen LogP contribution in [-0.2, 0) is 9.53 Å². The SMILES string of the molecule is CC(C)(C)NC(=O)[C@@H]1C[C@@H]2CCCC[C@@H]2CN1C[C@H]1OC(=O)N[C@H]1CSc1ccccc1. The number of fused-ring (bicyclic) bond motifs is 1. The zero-order valence-electron chi connectivity index (χ0n) is 19.5. The van der Waals surface area contributed by atoms with Gasteiger partial charge in [-0.3, -0.25) is 9.69 Å². The van der Waals surface area contributed by atoms with Gasteiger partial charge in [0.2, 0.25) is 5.91 Å². The number of hydrogen-bond acceptors (Lipinski definition) is 5. The van der Waals surface area contributed by atoms with Gasteiger partial charge in [0.15, 0.2) is 0 Å². The molecule has 3 aliphatic rings. The summed E-state index contributed by atoms with van der Waals surface area (Å²) in [6.45, 7) is 7.60. The molecule has 2 saturated heterocycles. The third-order valence-electron chi connectivity index (χ3n) is 6.90. The number of ether oxygens (including phenoxy) is 1. The van der Waals surface area contributed by atoms with Crippen LogP contribution in [0.2, 0.25) is 0 Å². The molecule has 6 nitrogen and oxygen atoms in total. The molecule has 0 unspecified atom stereocenters. The highest BCUT2D eigenvalue weighted by Crippen LogP contribution is 2.39. The minimum Gasteiger partial charge on any atom is -0.443 e. The molecule has 176 valence electrons. The van der Waals surface area contributed by atoms with Crippen molar-refractivity contribution in [3.8, 4) is 0 Å². The number of alkyl carbamates (subject to hydrolysis) is 1. The zero-order chi connectivity index (χ0) is 22.7. The Morgan fingerprint density at radius 3 is 2.62 bits per heavy atom. The van der Waals surface area contributed by atoms with Crippen molar-refractivity contribution in [3.05, 3.63) is 30.3 Å². The summed E-state index contributed by atoms with van der Waals surface area (Å²) in [5, 5.41) is 6.19. The van der Waals surface area contributed by atoms with Gasteiger partial charge in [0.1, 0.15) is 6.10 Å². The van der Waals surface area contributed by atoms with Gasteiger partial charge in [-0.05, 0) is 57.6 Å². The van der Waals surface area contributed by atoms with Crippen LogP contribution in [0.3, 0.4) is 0 Å². The van der Waals surface area contributed by atoms with Gasteiger partial charge in [-0.15, -0.1) is 11.8 Å². The second-order valence-electron chi connectivity index (χ2n) is 10.6. The second-order valence-corrected chi connectivity index (χ2v) is 11.7. The molecule has 4 rings (SSSR count). The molecule has 2 amide bonds. The fourth-order valence-corrected chi connectivity index (χ4v) is 6.39. The Morgan fingerprint density at radius 1 is 1.19 bits per heavy atom. The van der Waals surface area contributed by atoms with Crippen LogP contribution in [0.5, 0.6) is 0 Å². The Labute approximate surface area is 196 Å². The largest absolute Gasteiger partial charge is 0.443 e. The molecule has 0 spiro atoms. The van der Waals surface area contributed by atoms with Crippen LogP contribution in [0.25, 0.3) is 0 Å². The molecule has 1 aromatic carbocycles. The standard InChI is InChI=1S/C25H37N3O3S/c1-25(2,3)27-23(29)21-13-17-9-7-8-10-18(17)14-28(21)15-22-20(26-24(30)31-22)16-32-19-11-5-4-6-12-19/h4-6,11-12,17-18,20-22H,7-10,13-16H2,1-3H3,(H,26,30)(H,27,29)/t17-,18+,20-,21-,22+/m0/s1. The van der Waals surface area contributed by atoms with Crippen molar-refractivity contribution in [2.75, 3.05) is 18.8 Å². The average Bonchev–Trinajstić information content (AvgIpc) is 3.10. The summed E-state index contributed by atoms with van der Waals surface area (Å²) in [5.41, 5.74) is -0.262. The number of cyclic esters (lactones) is 1. The molecular formula is C25H37N3O3S. The van der Waals surface area contributed by atoms with E-state index < -0.39 is 0 Å². The number of piperidine rings is 1. The lowest BCUT2D eigenvalue weighted by atomic mass is 9.72. The Kier molecular flexibility index (Phi) is 7.35. The molecule has 7 heteroatoms. The van der Waals surface area contributed by atoms with E-state index in [1.807, 2.05) is 39.0 Å². The first-order valence-electron chi connectivity index (χ1n) is 12.0. The number of rotatable bonds is 6. The maximum absolute atomic E-state index is 13.2. The van der Waals surface area contributed by atoms with Gasteiger partial charge >= 0.3 is 6.09 Å². The van der Waals surface area contributed by atoms with Crippen molar-refractivity contribution < 1.29 is 14.3 Å². The van der Waals surface area contributed by atoms with E-state index in [0.29, 0.717) is 18.4 Å². The van der Waals surface area contributed by atoms with Crippen molar-refractivity contribution in [2.45, 2.75) is 81.5 Å². The van der Waals surface area contributed by atoms with E-state index in [1.54, 1.807) is 11.8 Å². The second kappa shape index (κ2) is 10.0. The Morgan fingerprint density at radius 2 is 1.91 bits per heavy atom. The molecule has 1 aliphatic carbocycles. The molecule has 2 heterocycles. The molecule has 32 heavy (non-hydrogen) atoms. The van der Waals surface area contributed by atoms with Gasteiger partial charge in [-0.2, -0.15) is 0 Å². The van der Waals surface area contributed by atoms with E-state index in [2.05, 4.69) is 27.7 Å². The van der Waals surface area contributed by atoms with E-state index in [0.717, 1.165) is 18.7 Å². The minimum absolute atomic E-state index is 0.0666. The van der Waals surface area contributed by atoms with Crippen LogP contribution < -0.4 is 10.6 Å². The third-order valence-corrected chi connectivity index (χ3v) is 8.03. The van der Waals surface area contributed by atoms with Crippen LogP contribution in [0.15, 0.2) is 35.2 Å². The molecule has 0 bridgehead atoms. The van der Waals surface area contributed by atoms with Crippen LogP contribution in [0.1, 0.15) is 52.9 Å². The topological polar surface area (TPSA) is 70.7 Å². The van der Waals surface area contributed by atoms with Gasteiger partial charge in [-0.1, -0.05) is 37.5 Å². The molecule has 5 atom stereocenters. The maximum Gasteiger partial charge on any atom is 0.407 e. The predicted molar refractivity (Wildman–Crippen MR) is 128 cm³/mol. The molecule has 3 fully saturated rings. The fraction of sp³-hybridized carbons (Fsp3) is 0.680. The predicted octanol–water partition coefficient (Wildman–Crippen LogP) is 4.05. The first kappa shape index (κ1) is 23.4. The van der Waals surface area contributed by atoms with Gasteiger partial charge in [0, 0.05) is 29.3 Å². The Hall–Kier alpha value is -1.73. The number of benzene rings is 1. The van der Waals surface area contributed by atoms with Gasteiger partial charge in [0.25, 0.3) is 0 Å². The molecule has 2 N–H and O–H groups in total. The van der Waals surface area contributed by atoms with E-state index in [1.165, 1.54) is 30.6 Å². The van der Waals surface area contributed by atoms with E-state index in [9.17, 15) is 9.59 Å². The summed E-state index contributed by atoms with van der Waals surface area (Å²) < 4.78 is 5.69. The third kappa shape index (κ3) is 5.98. The van der Waals surface area contributed by atoms with E-state index in [4.69, 9.17) is 4.74 Å². The molecular weight excluding hydrogens is 422 g/mol. The Bertz CT molecular complexity index is 797. The quantitative estimate of drug-likeness (QED) is 0.628. The normalized spacial score (nSPS) is 30.8. The van der Waals surface area contributed by atoms with Crippen LogP contribution in [0.4, 0.5) is 4.79 Å². The summed E-state index contributed by atoms with van der Waals surface area (Å²) in [6, 6.07) is 9.99. The number of carbonyl (C=O) groups is 2. The summed E-state index contributed by atoms with van der Waals surface area (Å²) in [7, 11) is 0. The van der Waals surface area contributed by atoms with Crippen molar-refractivity contribution in [1.29, 1.82) is 0 Å². The van der Waals surface area contributed by atoms with Crippen LogP contribution >= 0.6 is 11.8 Å². The molecule has 1 saturated carbocycles. The minimum atomic E-state index is -0.350. The summed E-state index contributed by atoms with van der Waals surface area (Å²) in [6.07, 6.45) is 5.34. The van der Waals surface area contributed by atoms with Crippen LogP contribution in [0, 0.1) is 11.8 Å². The highest BCUT2D eigenvalue weighted by atomic mass is 32.2. The molecule has 0 radical (unpaired) electrons. The van der Waals surface area contributed by atoms with Crippen molar-refractivity contribution >= 4 is 23.8 Å². The van der Waals surface area contributed by atoms with Crippen LogP contribution in [-0.4, -0.2) is 59.5 Å². The van der Waals surface area contributed by atoms with E-state index in [-0.39, 0.29) is 35.7 Å². The monoisotopic (exact) mass is 459 g/mol. The highest BCUT2D eigenvalue weighted by molar-refractivity contribution is 7.99. The van der Waals surface area contributed by atoms with Gasteiger partial charge in [-0.25, -0.2) is 4.79 Å². The highest BCUT2D eigenvalue weighted by Gasteiger charge is 2.44. The number of amides is 2. The number of nitrogens with one attached hydrogen (secondary N) is 2. The average molecular weight is 460 g/mol. The van der Waals surface area contributed by atoms with Crippen molar-refractivity contribution in [1.82, 2.24) is 15.5 Å². The fourth-order valence-electron chi connectivity index (χ4n) is 5.37. The number of thioether (sulfide) groups is 1. The number of carbonyl (C=O) groups excluding carboxylic acids is 2. The lowest BCUT2D eigenvalue weighted by Crippen LogP contribution is -2.59. The van der Waals surface area contributed by atoms with Crippen molar-refractivity contribution in [2.24, 2.45) is 11.8 Å². The number of nitrogens with zero attached hydrogens (tertiary/aromatic N) is 1. The first-order valence-corrected chi connectivity index (χ1v) is 13.0. The summed E-state index contributed by atoms with van der Waals surface area (Å²) in [5.74, 6) is 2.13. The van der Waals surface area contributed by atoms with Crippen molar-refractivity contribution in [3.63, 3.8) is 0 Å². The lowest BCUT2D eigenvalue weighted by Gasteiger charge is -2.46. The Balaban J connectivity index is 1.45. The smallest absolute Gasteiger partial charge is 0.407 e. The molecule has 2 aliphatic heterocycles. The van der Waals surface area contributed by atoms with Gasteiger partial charge in [0.05, 0.1) is 12.1 Å². The van der Waals surface area contributed by atoms with Gasteiger partial charge < -0.3 is 15.4 Å². The number of hydrogen-bond donors (Lipinski definition) is 2. The molecule has 0 aromatic heterocycles. The first-order chi connectivity index (χ1) is 15.3. The maximum atomic E-state index is 13.2. The van der Waals surface area contributed by atoms with E-state index >= 15 is 0 Å². The zero-order valence-corrected chi connectivity index (χ0v) is 20.3. The lowest BCUT2D eigenvalue weighted by molar-refractivity contribution is -0.132.